The van der Waals surface area contributed by atoms with E-state index in [2.05, 4.69) is 20.9 Å². The molecule has 414 valence electrons. The normalized spacial score (nSPS) is 26.4. The molecule has 0 bridgehead atoms. The number of likely N-dealkylation sites (tertiary alicyclic amines) is 1. The molecule has 74 heavy (non-hydrogen) atoms. The molecule has 3 N–H and O–H groups in total. The quantitative estimate of drug-likeness (QED) is 0.0941. The highest BCUT2D eigenvalue weighted by Gasteiger charge is 2.73. The van der Waals surface area contributed by atoms with Crippen molar-refractivity contribution in [3.05, 3.63) is 69.8 Å². The Labute approximate surface area is 433 Å². The molecule has 4 aliphatic rings. The second-order valence-electron chi connectivity index (χ2n) is 26.6. The molecule has 12 nitrogen and oxygen atoms in total. The van der Waals surface area contributed by atoms with Gasteiger partial charge >= 0.3 is 36.2 Å². The Kier molecular flexibility index (Phi) is 15.4. The van der Waals surface area contributed by atoms with Gasteiger partial charge < -0.3 is 34.9 Å². The maximum atomic E-state index is 16.4. The first-order chi connectivity index (χ1) is 33.4. The molecule has 6 rings (SSSR count). The van der Waals surface area contributed by atoms with E-state index in [0.717, 1.165) is 12.1 Å². The molecule has 4 aliphatic heterocycles. The molecule has 4 fully saturated rings. The highest BCUT2D eigenvalue weighted by atomic mass is 19.4. The predicted molar refractivity (Wildman–Crippen MR) is 269 cm³/mol. The number of carbonyl (C=O) groups excluding carboxylic acids is 4. The monoisotopic (exact) mass is 1050 g/mol. The van der Waals surface area contributed by atoms with Crippen molar-refractivity contribution in [1.29, 1.82) is 0 Å². The van der Waals surface area contributed by atoms with E-state index in [1.54, 1.807) is 0 Å². The first kappa shape index (κ1) is 59.0. The van der Waals surface area contributed by atoms with Crippen molar-refractivity contribution in [3.8, 4) is 0 Å². The Hall–Kier alpha value is -4.26. The summed E-state index contributed by atoms with van der Waals surface area (Å²) in [5, 5.41) is 10.3. The standard InChI is InChI=1S/C56H80F6N4O8/c1-46(2)24-38(50(9,10)63-46)28-71-42(67)32-18-33(43(68)72-29-39-25-47(3,4)64-51(39,11)12)21-36(20-32)54(55(57,58)59,56(60,61)62)37-22-34(44(69)73-30-40-26-48(5,6)65-52(40,13)14)19-35(23-37)45(70)74-31-41-27-49(7,8)66(17)53(41,15)16/h18-23,38-41,63-65H,24-31H2,1-17H3. The Balaban J connectivity index is 1.51. The van der Waals surface area contributed by atoms with E-state index >= 15 is 26.3 Å². The zero-order chi connectivity index (χ0) is 56.0. The first-order valence-corrected chi connectivity index (χ1v) is 25.6. The minimum absolute atomic E-state index is 0.250. The number of halogens is 6. The molecule has 0 amide bonds. The highest BCUT2D eigenvalue weighted by molar-refractivity contribution is 5.97. The number of benzene rings is 2. The van der Waals surface area contributed by atoms with Crippen LogP contribution in [0.5, 0.6) is 0 Å². The topological polar surface area (TPSA) is 145 Å². The van der Waals surface area contributed by atoms with Crippen LogP contribution in [0.3, 0.4) is 0 Å². The number of hydrogen-bond acceptors (Lipinski definition) is 12. The fraction of sp³-hybridized carbons (Fsp3) is 0.714. The molecule has 0 saturated carbocycles. The lowest BCUT2D eigenvalue weighted by molar-refractivity contribution is -0.288. The second kappa shape index (κ2) is 19.3. The average molecular weight is 1050 g/mol. The molecular formula is C56H80F6N4O8. The van der Waals surface area contributed by atoms with Crippen molar-refractivity contribution in [2.24, 2.45) is 23.7 Å². The lowest BCUT2D eigenvalue weighted by Crippen LogP contribution is -2.55. The summed E-state index contributed by atoms with van der Waals surface area (Å²) in [7, 11) is 1.91. The molecule has 4 unspecified atom stereocenters. The van der Waals surface area contributed by atoms with Crippen LogP contribution in [0, 0.1) is 23.7 Å². The van der Waals surface area contributed by atoms with Gasteiger partial charge in [0, 0.05) is 68.0 Å². The molecule has 0 aliphatic carbocycles. The van der Waals surface area contributed by atoms with Gasteiger partial charge in [-0.25, -0.2) is 19.2 Å². The van der Waals surface area contributed by atoms with E-state index in [9.17, 15) is 19.2 Å². The summed E-state index contributed by atoms with van der Waals surface area (Å²) in [5.74, 6) is -6.42. The van der Waals surface area contributed by atoms with Gasteiger partial charge in [-0.1, -0.05) is 0 Å². The molecule has 0 spiro atoms. The van der Waals surface area contributed by atoms with Gasteiger partial charge in [0.1, 0.15) is 0 Å². The molecule has 4 atom stereocenters. The lowest BCUT2D eigenvalue weighted by Gasteiger charge is -2.39. The second-order valence-corrected chi connectivity index (χ2v) is 26.6. The van der Waals surface area contributed by atoms with Crippen LogP contribution >= 0.6 is 0 Å². The van der Waals surface area contributed by atoms with E-state index in [1.165, 1.54) is 0 Å². The molecule has 4 heterocycles. The van der Waals surface area contributed by atoms with Gasteiger partial charge in [0.2, 0.25) is 5.41 Å². The molecule has 0 radical (unpaired) electrons. The number of nitrogens with zero attached hydrogens (tertiary/aromatic N) is 1. The maximum Gasteiger partial charge on any atom is 0.411 e. The van der Waals surface area contributed by atoms with Crippen molar-refractivity contribution in [3.63, 3.8) is 0 Å². The number of nitrogens with one attached hydrogen (secondary N) is 3. The lowest BCUT2D eigenvalue weighted by atomic mass is 9.71. The Morgan fingerprint density at radius 2 is 0.716 bits per heavy atom. The summed E-state index contributed by atoms with van der Waals surface area (Å²) in [6, 6.07) is 3.32. The predicted octanol–water partition coefficient (Wildman–Crippen LogP) is 10.7. The van der Waals surface area contributed by atoms with E-state index in [-0.39, 0.29) is 72.3 Å². The fourth-order valence-electron chi connectivity index (χ4n) is 13.0. The Morgan fingerprint density at radius 1 is 0.459 bits per heavy atom. The van der Waals surface area contributed by atoms with E-state index in [1.807, 2.05) is 118 Å². The molecular weight excluding hydrogens is 971 g/mol. The van der Waals surface area contributed by atoms with Crippen LogP contribution in [0.2, 0.25) is 0 Å². The van der Waals surface area contributed by atoms with Crippen LogP contribution in [0.1, 0.15) is 189 Å². The van der Waals surface area contributed by atoms with Crippen LogP contribution in [0.15, 0.2) is 36.4 Å². The van der Waals surface area contributed by atoms with E-state index < -0.39 is 97.2 Å². The van der Waals surface area contributed by atoms with Crippen LogP contribution in [-0.2, 0) is 24.4 Å². The summed E-state index contributed by atoms with van der Waals surface area (Å²) < 4.78 is 121. The maximum absolute atomic E-state index is 16.4. The van der Waals surface area contributed by atoms with Gasteiger partial charge in [-0.3, -0.25) is 4.90 Å². The van der Waals surface area contributed by atoms with Gasteiger partial charge in [-0.15, -0.1) is 0 Å². The number of ether oxygens (including phenoxy) is 4. The van der Waals surface area contributed by atoms with Crippen LogP contribution < -0.4 is 16.0 Å². The third-order valence-electron chi connectivity index (χ3n) is 17.0. The van der Waals surface area contributed by atoms with Gasteiger partial charge in [-0.05, 0) is 191 Å². The largest absolute Gasteiger partial charge is 0.462 e. The van der Waals surface area contributed by atoms with Crippen molar-refractivity contribution >= 4 is 23.9 Å². The van der Waals surface area contributed by atoms with Crippen molar-refractivity contribution in [2.45, 2.75) is 199 Å². The van der Waals surface area contributed by atoms with Gasteiger partial charge in [0.05, 0.1) is 48.7 Å². The number of hydrogen-bond donors (Lipinski definition) is 3. The van der Waals surface area contributed by atoms with Gasteiger partial charge in [0.25, 0.3) is 0 Å². The van der Waals surface area contributed by atoms with E-state index in [4.69, 9.17) is 18.9 Å². The third kappa shape index (κ3) is 11.8. The molecule has 2 aromatic rings. The molecule has 0 aromatic heterocycles. The molecule has 2 aromatic carbocycles. The minimum atomic E-state index is -6.33. The Morgan fingerprint density at radius 3 is 0.919 bits per heavy atom. The van der Waals surface area contributed by atoms with Crippen molar-refractivity contribution in [1.82, 2.24) is 20.9 Å². The fourth-order valence-corrected chi connectivity index (χ4v) is 13.0. The third-order valence-corrected chi connectivity index (χ3v) is 17.0. The minimum Gasteiger partial charge on any atom is -0.462 e. The van der Waals surface area contributed by atoms with Crippen LogP contribution in [0.25, 0.3) is 0 Å². The summed E-state index contributed by atoms with van der Waals surface area (Å²) >= 11 is 0. The summed E-state index contributed by atoms with van der Waals surface area (Å²) in [6.45, 7) is 29.8. The van der Waals surface area contributed by atoms with Crippen molar-refractivity contribution in [2.75, 3.05) is 33.5 Å². The molecule has 18 heteroatoms. The first-order valence-electron chi connectivity index (χ1n) is 25.6. The average Bonchev–Trinajstić information content (AvgIpc) is 3.76. The number of carbonyl (C=O) groups is 4. The SMILES string of the molecule is CN1C(C)(C)CC(COC(=O)c2cc(C(=O)OCC3CC(C)(C)NC3(C)C)cc(C(c3cc(C(=O)OCC4CC(C)(C)NC4(C)C)cc(C(=O)OCC4CC(C)(C)NC4(C)C)c3)(C(F)(F)F)C(F)(F)F)c2)C1(C)C. The Bertz CT molecular complexity index is 2410. The van der Waals surface area contributed by atoms with E-state index in [0.29, 0.717) is 49.9 Å². The number of rotatable bonds is 14. The molecule has 4 saturated heterocycles. The summed E-state index contributed by atoms with van der Waals surface area (Å²) in [6.07, 6.45) is -10.6. The zero-order valence-corrected chi connectivity index (χ0v) is 46.4. The van der Waals surface area contributed by atoms with Crippen molar-refractivity contribution < 1.29 is 64.5 Å². The smallest absolute Gasteiger partial charge is 0.411 e. The zero-order valence-electron chi connectivity index (χ0n) is 46.4. The van der Waals surface area contributed by atoms with Crippen LogP contribution in [-0.4, -0.2) is 119 Å². The van der Waals surface area contributed by atoms with Gasteiger partial charge in [0.15, 0.2) is 0 Å². The number of esters is 4. The van der Waals surface area contributed by atoms with Gasteiger partial charge in [-0.2, -0.15) is 26.3 Å². The number of alkyl halides is 6. The van der Waals surface area contributed by atoms with Crippen LogP contribution in [0.4, 0.5) is 26.3 Å². The summed E-state index contributed by atoms with van der Waals surface area (Å²) in [4.78, 5) is 58.7. The highest BCUT2D eigenvalue weighted by Crippen LogP contribution is 2.57. The summed E-state index contributed by atoms with van der Waals surface area (Å²) in [5.41, 5.74) is -15.3.